The monoisotopic (exact) mass is 345 g/mol. The minimum Gasteiger partial charge on any atom is -0.383 e. The highest BCUT2D eigenvalue weighted by atomic mass is 35.5. The van der Waals surface area contributed by atoms with Crippen LogP contribution >= 0.6 is 11.6 Å². The summed E-state index contributed by atoms with van der Waals surface area (Å²) in [5.74, 6) is -0.499. The van der Waals surface area contributed by atoms with Gasteiger partial charge in [-0.25, -0.2) is 9.37 Å². The fourth-order valence-corrected chi connectivity index (χ4v) is 2.49. The number of rotatable bonds is 3. The van der Waals surface area contributed by atoms with Gasteiger partial charge in [-0.3, -0.25) is 9.48 Å². The molecule has 122 valence electrons. The Morgan fingerprint density at radius 1 is 1.25 bits per heavy atom. The first-order valence-corrected chi connectivity index (χ1v) is 7.35. The molecule has 24 heavy (non-hydrogen) atoms. The van der Waals surface area contributed by atoms with E-state index in [1.807, 2.05) is 0 Å². The summed E-state index contributed by atoms with van der Waals surface area (Å²) in [7, 11) is 1.66. The van der Waals surface area contributed by atoms with Crippen molar-refractivity contribution in [2.24, 2.45) is 7.05 Å². The third kappa shape index (κ3) is 2.93. The van der Waals surface area contributed by atoms with E-state index in [9.17, 15) is 9.18 Å². The molecule has 0 aliphatic carbocycles. The van der Waals surface area contributed by atoms with Gasteiger partial charge in [0, 0.05) is 24.4 Å². The summed E-state index contributed by atoms with van der Waals surface area (Å²) >= 11 is 5.97. The molecule has 2 heterocycles. The van der Waals surface area contributed by atoms with Crippen LogP contribution in [0.3, 0.4) is 0 Å². The standard InChI is InChI=1S/C16H13ClFN5O/c1-23-12(7-8-20-23)16(24)22-13-6-5-10(15(19)21-13)9-3-2-4-11(18)14(9)17/h2-8H,1H3,(H3,19,21,22,24). The average Bonchev–Trinajstić information content (AvgIpc) is 2.97. The Balaban J connectivity index is 1.89. The predicted molar refractivity (Wildman–Crippen MR) is 90.2 cm³/mol. The van der Waals surface area contributed by atoms with Crippen molar-refractivity contribution < 1.29 is 9.18 Å². The number of benzene rings is 1. The predicted octanol–water partition coefficient (Wildman–Crippen LogP) is 3.11. The van der Waals surface area contributed by atoms with Crippen molar-refractivity contribution in [2.45, 2.75) is 0 Å². The number of carbonyl (C=O) groups is 1. The number of pyridine rings is 1. The maximum absolute atomic E-state index is 13.6. The molecular formula is C16H13ClFN5O. The Labute approximate surface area is 142 Å². The second kappa shape index (κ2) is 6.29. The van der Waals surface area contributed by atoms with Crippen LogP contribution in [-0.2, 0) is 7.05 Å². The second-order valence-electron chi connectivity index (χ2n) is 5.02. The molecule has 0 bridgehead atoms. The largest absolute Gasteiger partial charge is 0.383 e. The summed E-state index contributed by atoms with van der Waals surface area (Å²) < 4.78 is 15.0. The molecule has 8 heteroatoms. The minimum atomic E-state index is -0.540. The normalized spacial score (nSPS) is 10.6. The molecule has 3 N–H and O–H groups in total. The van der Waals surface area contributed by atoms with Crippen LogP contribution in [0.4, 0.5) is 16.0 Å². The number of aryl methyl sites for hydroxylation is 1. The van der Waals surface area contributed by atoms with Crippen LogP contribution in [0.15, 0.2) is 42.6 Å². The lowest BCUT2D eigenvalue weighted by Crippen LogP contribution is -2.17. The molecule has 0 aliphatic rings. The van der Waals surface area contributed by atoms with Crippen LogP contribution < -0.4 is 11.1 Å². The van der Waals surface area contributed by atoms with Crippen LogP contribution in [0.2, 0.25) is 5.02 Å². The fourth-order valence-electron chi connectivity index (χ4n) is 2.26. The zero-order valence-electron chi connectivity index (χ0n) is 12.6. The third-order valence-electron chi connectivity index (χ3n) is 3.46. The summed E-state index contributed by atoms with van der Waals surface area (Å²) in [6.45, 7) is 0. The Hall–Kier alpha value is -2.93. The zero-order chi connectivity index (χ0) is 17.3. The van der Waals surface area contributed by atoms with Gasteiger partial charge in [-0.2, -0.15) is 5.10 Å². The van der Waals surface area contributed by atoms with Crippen molar-refractivity contribution in [3.05, 3.63) is 59.1 Å². The topological polar surface area (TPSA) is 85.8 Å². The van der Waals surface area contributed by atoms with E-state index in [0.717, 1.165) is 0 Å². The highest BCUT2D eigenvalue weighted by Gasteiger charge is 2.14. The molecular weight excluding hydrogens is 333 g/mol. The first-order chi connectivity index (χ1) is 11.5. The van der Waals surface area contributed by atoms with E-state index in [4.69, 9.17) is 17.3 Å². The molecule has 0 saturated carbocycles. The summed E-state index contributed by atoms with van der Waals surface area (Å²) in [5.41, 5.74) is 7.24. The molecule has 2 aromatic heterocycles. The average molecular weight is 346 g/mol. The smallest absolute Gasteiger partial charge is 0.275 e. The molecule has 0 atom stereocenters. The molecule has 6 nitrogen and oxygen atoms in total. The maximum atomic E-state index is 13.6. The number of anilines is 2. The number of nitrogens with zero attached hydrogens (tertiary/aromatic N) is 3. The Kier molecular flexibility index (Phi) is 4.18. The van der Waals surface area contributed by atoms with E-state index < -0.39 is 5.82 Å². The minimum absolute atomic E-state index is 0.0299. The summed E-state index contributed by atoms with van der Waals surface area (Å²) in [5, 5.41) is 6.53. The van der Waals surface area contributed by atoms with Crippen molar-refractivity contribution in [1.29, 1.82) is 0 Å². The Morgan fingerprint density at radius 3 is 2.71 bits per heavy atom. The van der Waals surface area contributed by atoms with Crippen LogP contribution in [0, 0.1) is 5.82 Å². The highest BCUT2D eigenvalue weighted by molar-refractivity contribution is 6.33. The van der Waals surface area contributed by atoms with Gasteiger partial charge in [0.15, 0.2) is 0 Å². The van der Waals surface area contributed by atoms with Crippen molar-refractivity contribution in [2.75, 3.05) is 11.1 Å². The van der Waals surface area contributed by atoms with Gasteiger partial charge in [0.25, 0.3) is 5.91 Å². The van der Waals surface area contributed by atoms with Gasteiger partial charge in [-0.15, -0.1) is 0 Å². The number of hydrogen-bond donors (Lipinski definition) is 2. The summed E-state index contributed by atoms with van der Waals surface area (Å²) in [6, 6.07) is 9.22. The van der Waals surface area contributed by atoms with Crippen LogP contribution in [0.25, 0.3) is 11.1 Å². The van der Waals surface area contributed by atoms with E-state index in [2.05, 4.69) is 15.4 Å². The van der Waals surface area contributed by atoms with Gasteiger partial charge in [0.1, 0.15) is 23.1 Å². The number of aromatic nitrogens is 3. The van der Waals surface area contributed by atoms with E-state index in [1.165, 1.54) is 23.0 Å². The first kappa shape index (κ1) is 15.9. The van der Waals surface area contributed by atoms with Gasteiger partial charge in [0.05, 0.1) is 5.02 Å². The Bertz CT molecular complexity index is 925. The molecule has 1 amide bonds. The number of nitrogens with two attached hydrogens (primary N) is 1. The third-order valence-corrected chi connectivity index (χ3v) is 3.85. The van der Waals surface area contributed by atoms with E-state index in [1.54, 1.807) is 31.3 Å². The molecule has 0 radical (unpaired) electrons. The van der Waals surface area contributed by atoms with E-state index in [-0.39, 0.29) is 22.6 Å². The molecule has 0 unspecified atom stereocenters. The van der Waals surface area contributed by atoms with Crippen LogP contribution in [-0.4, -0.2) is 20.7 Å². The van der Waals surface area contributed by atoms with Crippen LogP contribution in [0.1, 0.15) is 10.5 Å². The molecule has 3 rings (SSSR count). The van der Waals surface area contributed by atoms with Gasteiger partial charge in [-0.05, 0) is 24.3 Å². The Morgan fingerprint density at radius 2 is 2.04 bits per heavy atom. The lowest BCUT2D eigenvalue weighted by atomic mass is 10.1. The van der Waals surface area contributed by atoms with E-state index >= 15 is 0 Å². The van der Waals surface area contributed by atoms with Crippen LogP contribution in [0.5, 0.6) is 0 Å². The number of hydrogen-bond acceptors (Lipinski definition) is 4. The lowest BCUT2D eigenvalue weighted by molar-refractivity contribution is 0.101. The number of carbonyl (C=O) groups excluding carboxylic acids is 1. The molecule has 1 aromatic carbocycles. The molecule has 0 aliphatic heterocycles. The SMILES string of the molecule is Cn1nccc1C(=O)Nc1ccc(-c2cccc(F)c2Cl)c(N)n1. The molecule has 0 fully saturated rings. The number of halogens is 2. The fraction of sp³-hybridized carbons (Fsp3) is 0.0625. The summed E-state index contributed by atoms with van der Waals surface area (Å²) in [4.78, 5) is 16.3. The van der Waals surface area contributed by atoms with Gasteiger partial charge < -0.3 is 11.1 Å². The number of amides is 1. The quantitative estimate of drug-likeness (QED) is 0.763. The molecule has 3 aromatic rings. The zero-order valence-corrected chi connectivity index (χ0v) is 13.4. The van der Waals surface area contributed by atoms with Gasteiger partial charge in [-0.1, -0.05) is 23.7 Å². The highest BCUT2D eigenvalue weighted by Crippen LogP contribution is 2.33. The molecule has 0 spiro atoms. The maximum Gasteiger partial charge on any atom is 0.275 e. The van der Waals surface area contributed by atoms with Crippen molar-refractivity contribution in [1.82, 2.24) is 14.8 Å². The second-order valence-corrected chi connectivity index (χ2v) is 5.40. The first-order valence-electron chi connectivity index (χ1n) is 6.97. The molecule has 0 saturated heterocycles. The van der Waals surface area contributed by atoms with Gasteiger partial charge in [0.2, 0.25) is 0 Å². The summed E-state index contributed by atoms with van der Waals surface area (Å²) in [6.07, 6.45) is 1.52. The van der Waals surface area contributed by atoms with Gasteiger partial charge >= 0.3 is 0 Å². The van der Waals surface area contributed by atoms with Crippen molar-refractivity contribution in [3.8, 4) is 11.1 Å². The lowest BCUT2D eigenvalue weighted by Gasteiger charge is -2.10. The van der Waals surface area contributed by atoms with Crippen molar-refractivity contribution >= 4 is 29.1 Å². The van der Waals surface area contributed by atoms with Crippen molar-refractivity contribution in [3.63, 3.8) is 0 Å². The van der Waals surface area contributed by atoms with E-state index in [0.29, 0.717) is 16.8 Å². The number of nitrogens with one attached hydrogen (secondary N) is 1. The number of nitrogen functional groups attached to an aromatic ring is 1.